The molecule has 5 heteroatoms. The van der Waals surface area contributed by atoms with Gasteiger partial charge in [0.25, 0.3) is 5.91 Å². The van der Waals surface area contributed by atoms with Crippen LogP contribution in [-0.2, 0) is 4.79 Å². The molecule has 0 radical (unpaired) electrons. The third kappa shape index (κ3) is 2.69. The number of amides is 1. The maximum Gasteiger partial charge on any atom is 0.278 e. The second-order valence-corrected chi connectivity index (χ2v) is 6.24. The maximum absolute atomic E-state index is 12.8. The molecule has 0 unspecified atom stereocenters. The lowest BCUT2D eigenvalue weighted by Gasteiger charge is -2.21. The largest absolute Gasteiger partial charge is 0.293 e. The molecule has 2 aromatic rings. The zero-order valence-electron chi connectivity index (χ0n) is 12.5. The van der Waals surface area contributed by atoms with Crippen LogP contribution < -0.4 is 4.90 Å². The van der Waals surface area contributed by atoms with E-state index in [0.29, 0.717) is 12.4 Å². The molecule has 0 atom stereocenters. The summed E-state index contributed by atoms with van der Waals surface area (Å²) in [4.78, 5) is 21.1. The lowest BCUT2D eigenvalue weighted by atomic mass is 10.1. The third-order valence-electron chi connectivity index (χ3n) is 3.41. The van der Waals surface area contributed by atoms with Crippen LogP contribution in [0.3, 0.4) is 0 Å². The number of anilines is 1. The molecule has 0 aromatic heterocycles. The van der Waals surface area contributed by atoms with Crippen molar-refractivity contribution in [3.63, 3.8) is 0 Å². The number of hydrogen-bond donors (Lipinski definition) is 0. The van der Waals surface area contributed by atoms with E-state index in [1.165, 1.54) is 0 Å². The summed E-state index contributed by atoms with van der Waals surface area (Å²) in [5.74, 6) is -0.0642. The predicted molar refractivity (Wildman–Crippen MR) is 92.8 cm³/mol. The summed E-state index contributed by atoms with van der Waals surface area (Å²) in [6, 6.07) is 15.4. The van der Waals surface area contributed by atoms with Gasteiger partial charge < -0.3 is 0 Å². The van der Waals surface area contributed by atoms with Gasteiger partial charge in [0.05, 0.1) is 18.0 Å². The van der Waals surface area contributed by atoms with E-state index in [0.717, 1.165) is 21.4 Å². The fourth-order valence-corrected chi connectivity index (χ4v) is 2.83. The molecule has 1 heterocycles. The van der Waals surface area contributed by atoms with E-state index < -0.39 is 0 Å². The van der Waals surface area contributed by atoms with Crippen LogP contribution in [0.4, 0.5) is 11.4 Å². The number of carbonyl (C=O) groups excluding carboxylic acids is 1. The van der Waals surface area contributed by atoms with Crippen molar-refractivity contribution in [3.05, 3.63) is 58.6 Å². The first-order chi connectivity index (χ1) is 10.6. The standard InChI is InChI=1S/C17H16BrN3O/c1-20(2)11-21-15-10-6-3-7-12(15)16(17(21)22)19-14-9-5-4-8-13(14)18/h3-10H,11H2,1-2H3. The second kappa shape index (κ2) is 6.02. The molecule has 1 aliphatic heterocycles. The van der Waals surface area contributed by atoms with Gasteiger partial charge in [0.2, 0.25) is 0 Å². The summed E-state index contributed by atoms with van der Waals surface area (Å²) >= 11 is 3.48. The number of hydrogen-bond acceptors (Lipinski definition) is 3. The molecule has 0 fully saturated rings. The average Bonchev–Trinajstić information content (AvgIpc) is 2.75. The van der Waals surface area contributed by atoms with Crippen LogP contribution in [0, 0.1) is 0 Å². The smallest absolute Gasteiger partial charge is 0.278 e. The minimum atomic E-state index is -0.0642. The fraction of sp³-hybridized carbons (Fsp3) is 0.176. The van der Waals surface area contributed by atoms with E-state index in [2.05, 4.69) is 20.9 Å². The van der Waals surface area contributed by atoms with Crippen molar-refractivity contribution in [2.75, 3.05) is 25.7 Å². The molecule has 0 N–H and O–H groups in total. The molecule has 0 saturated heterocycles. The van der Waals surface area contributed by atoms with Crippen LogP contribution in [0.2, 0.25) is 0 Å². The summed E-state index contributed by atoms with van der Waals surface area (Å²) < 4.78 is 0.874. The van der Waals surface area contributed by atoms with Crippen LogP contribution in [0.1, 0.15) is 5.56 Å². The number of fused-ring (bicyclic) bond motifs is 1. The highest BCUT2D eigenvalue weighted by Crippen LogP contribution is 2.32. The Morgan fingerprint density at radius 2 is 1.77 bits per heavy atom. The predicted octanol–water partition coefficient (Wildman–Crippen LogP) is 3.44. The Balaban J connectivity index is 2.10. The zero-order chi connectivity index (χ0) is 15.7. The van der Waals surface area contributed by atoms with E-state index in [-0.39, 0.29) is 5.91 Å². The Labute approximate surface area is 138 Å². The van der Waals surface area contributed by atoms with E-state index in [1.54, 1.807) is 4.90 Å². The topological polar surface area (TPSA) is 35.9 Å². The molecule has 2 aromatic carbocycles. The summed E-state index contributed by atoms with van der Waals surface area (Å²) in [5, 5.41) is 0. The lowest BCUT2D eigenvalue weighted by Crippen LogP contribution is -2.37. The normalized spacial score (nSPS) is 15.7. The van der Waals surface area contributed by atoms with Crippen molar-refractivity contribution < 1.29 is 4.79 Å². The molecule has 112 valence electrons. The number of halogens is 1. The molecular formula is C17H16BrN3O. The maximum atomic E-state index is 12.8. The van der Waals surface area contributed by atoms with Crippen molar-refractivity contribution in [1.82, 2.24) is 4.90 Å². The highest BCUT2D eigenvalue weighted by molar-refractivity contribution is 9.10. The van der Waals surface area contributed by atoms with Crippen molar-refractivity contribution in [1.29, 1.82) is 0 Å². The fourth-order valence-electron chi connectivity index (χ4n) is 2.46. The Bertz CT molecular complexity index is 755. The molecule has 1 aliphatic rings. The first kappa shape index (κ1) is 14.9. The Kier molecular flexibility index (Phi) is 4.09. The molecule has 1 amide bonds. The van der Waals surface area contributed by atoms with Crippen molar-refractivity contribution in [2.45, 2.75) is 0 Å². The second-order valence-electron chi connectivity index (χ2n) is 5.38. The number of para-hydroxylation sites is 2. The zero-order valence-corrected chi connectivity index (χ0v) is 14.0. The SMILES string of the molecule is CN(C)CN1C(=O)C(=Nc2ccccc2Br)c2ccccc21. The summed E-state index contributed by atoms with van der Waals surface area (Å²) in [5.41, 5.74) is 3.04. The van der Waals surface area contributed by atoms with Crippen LogP contribution >= 0.6 is 15.9 Å². The van der Waals surface area contributed by atoms with Gasteiger partial charge in [-0.1, -0.05) is 30.3 Å². The summed E-state index contributed by atoms with van der Waals surface area (Å²) in [7, 11) is 3.89. The first-order valence-electron chi connectivity index (χ1n) is 6.97. The molecule has 0 aliphatic carbocycles. The number of nitrogens with zero attached hydrogens (tertiary/aromatic N) is 3. The Hall–Kier alpha value is -1.98. The van der Waals surface area contributed by atoms with E-state index in [4.69, 9.17) is 0 Å². The average molecular weight is 358 g/mol. The minimum absolute atomic E-state index is 0.0642. The number of aliphatic imine (C=N–C) groups is 1. The van der Waals surface area contributed by atoms with Gasteiger partial charge in [0.15, 0.2) is 0 Å². The van der Waals surface area contributed by atoms with Gasteiger partial charge >= 0.3 is 0 Å². The molecule has 3 rings (SSSR count). The van der Waals surface area contributed by atoms with Crippen LogP contribution in [0.25, 0.3) is 0 Å². The highest BCUT2D eigenvalue weighted by atomic mass is 79.9. The summed E-state index contributed by atoms with van der Waals surface area (Å²) in [6.45, 7) is 0.533. The molecular weight excluding hydrogens is 342 g/mol. The van der Waals surface area contributed by atoms with Crippen molar-refractivity contribution in [2.24, 2.45) is 4.99 Å². The van der Waals surface area contributed by atoms with Crippen LogP contribution in [0.15, 0.2) is 58.0 Å². The lowest BCUT2D eigenvalue weighted by molar-refractivity contribution is -0.112. The van der Waals surface area contributed by atoms with Crippen molar-refractivity contribution in [3.8, 4) is 0 Å². The van der Waals surface area contributed by atoms with Gasteiger partial charge in [-0.2, -0.15) is 0 Å². The number of benzene rings is 2. The molecule has 4 nitrogen and oxygen atoms in total. The van der Waals surface area contributed by atoms with E-state index in [9.17, 15) is 4.79 Å². The van der Waals surface area contributed by atoms with Gasteiger partial charge in [0, 0.05) is 10.0 Å². The quantitative estimate of drug-likeness (QED) is 0.843. The monoisotopic (exact) mass is 357 g/mol. The number of carbonyl (C=O) groups is 1. The summed E-state index contributed by atoms with van der Waals surface area (Å²) in [6.07, 6.45) is 0. The highest BCUT2D eigenvalue weighted by Gasteiger charge is 2.33. The molecule has 0 saturated carbocycles. The number of rotatable bonds is 3. The molecule has 22 heavy (non-hydrogen) atoms. The van der Waals surface area contributed by atoms with Gasteiger partial charge in [-0.05, 0) is 48.2 Å². The van der Waals surface area contributed by atoms with Crippen LogP contribution in [-0.4, -0.2) is 37.3 Å². The van der Waals surface area contributed by atoms with Gasteiger partial charge in [0.1, 0.15) is 5.71 Å². The van der Waals surface area contributed by atoms with Crippen LogP contribution in [0.5, 0.6) is 0 Å². The Morgan fingerprint density at radius 3 is 2.50 bits per heavy atom. The van der Waals surface area contributed by atoms with Gasteiger partial charge in [-0.15, -0.1) is 0 Å². The molecule has 0 bridgehead atoms. The first-order valence-corrected chi connectivity index (χ1v) is 7.76. The van der Waals surface area contributed by atoms with E-state index >= 15 is 0 Å². The third-order valence-corrected chi connectivity index (χ3v) is 4.08. The Morgan fingerprint density at radius 1 is 1.09 bits per heavy atom. The van der Waals surface area contributed by atoms with Gasteiger partial charge in [-0.3, -0.25) is 14.6 Å². The van der Waals surface area contributed by atoms with E-state index in [1.807, 2.05) is 67.5 Å². The molecule has 0 spiro atoms. The van der Waals surface area contributed by atoms with Gasteiger partial charge in [-0.25, -0.2) is 4.99 Å². The van der Waals surface area contributed by atoms with Crippen molar-refractivity contribution >= 4 is 38.9 Å². The minimum Gasteiger partial charge on any atom is -0.293 e.